The quantitative estimate of drug-likeness (QED) is 0.149. The highest BCUT2D eigenvalue weighted by atomic mass is 31.2. The van der Waals surface area contributed by atoms with Crippen molar-refractivity contribution in [3.05, 3.63) is 30.1 Å². The van der Waals surface area contributed by atoms with Crippen LogP contribution in [-0.2, 0) is 17.5 Å². The second kappa shape index (κ2) is 17.0. The summed E-state index contributed by atoms with van der Waals surface area (Å²) in [7, 11) is -3.86. The third-order valence-corrected chi connectivity index (χ3v) is 6.54. The molecule has 4 nitrogen and oxygen atoms in total. The maximum Gasteiger partial charge on any atom is 0.325 e. The molecule has 0 fully saturated rings. The fourth-order valence-electron chi connectivity index (χ4n) is 3.79. The molecule has 5 heteroatoms. The van der Waals surface area contributed by atoms with Crippen LogP contribution in [-0.4, -0.2) is 15.9 Å². The van der Waals surface area contributed by atoms with Crippen LogP contribution in [0, 0.1) is 0 Å². The third kappa shape index (κ3) is 16.7. The second-order valence-electron chi connectivity index (χ2n) is 8.53. The molecule has 0 saturated heterocycles. The van der Waals surface area contributed by atoms with E-state index in [1.165, 1.54) is 95.5 Å². The van der Waals surface area contributed by atoms with Crippen molar-refractivity contribution >= 4 is 7.60 Å². The lowest BCUT2D eigenvalue weighted by Gasteiger charge is -2.04. The number of hydrogen-bond acceptors (Lipinski definition) is 1. The van der Waals surface area contributed by atoms with E-state index in [0.717, 1.165) is 6.42 Å². The van der Waals surface area contributed by atoms with Crippen LogP contribution in [0.1, 0.15) is 109 Å². The van der Waals surface area contributed by atoms with Gasteiger partial charge in [0.1, 0.15) is 6.54 Å². The molecular formula is C24H45NO3P+. The molecule has 0 aliphatic heterocycles. The molecular weight excluding hydrogens is 381 g/mol. The second-order valence-corrected chi connectivity index (χ2v) is 10.3. The Hall–Kier alpha value is -0.700. The van der Waals surface area contributed by atoms with Gasteiger partial charge in [0.2, 0.25) is 0 Å². The number of aryl methyl sites for hydroxylation is 2. The Balaban J connectivity index is 1.91. The topological polar surface area (TPSA) is 61.4 Å². The molecule has 0 bridgehead atoms. The van der Waals surface area contributed by atoms with Crippen LogP contribution in [0.15, 0.2) is 24.5 Å². The summed E-state index contributed by atoms with van der Waals surface area (Å²) in [6, 6.07) is 4.28. The van der Waals surface area contributed by atoms with Gasteiger partial charge >= 0.3 is 7.60 Å². The minimum atomic E-state index is -3.86. The number of unbranched alkanes of at least 4 members (excludes halogenated alkanes) is 13. The third-order valence-electron chi connectivity index (χ3n) is 5.64. The Labute approximate surface area is 179 Å². The molecule has 2 N–H and O–H groups in total. The van der Waals surface area contributed by atoms with E-state index in [9.17, 15) is 4.57 Å². The predicted molar refractivity (Wildman–Crippen MR) is 122 cm³/mol. The summed E-state index contributed by atoms with van der Waals surface area (Å²) in [6.45, 7) is 2.93. The minimum absolute atomic E-state index is 0.0409. The zero-order valence-electron chi connectivity index (χ0n) is 18.7. The van der Waals surface area contributed by atoms with Gasteiger partial charge in [0.25, 0.3) is 0 Å². The number of rotatable bonds is 19. The number of pyridine rings is 1. The zero-order valence-corrected chi connectivity index (χ0v) is 19.6. The maximum atomic E-state index is 10.9. The number of aromatic nitrogens is 1. The molecule has 0 unspecified atom stereocenters. The fourth-order valence-corrected chi connectivity index (χ4v) is 4.34. The first kappa shape index (κ1) is 26.3. The summed E-state index contributed by atoms with van der Waals surface area (Å²) in [4.78, 5) is 17.8. The Morgan fingerprint density at radius 3 is 1.62 bits per heavy atom. The van der Waals surface area contributed by atoms with Crippen LogP contribution in [0.25, 0.3) is 0 Å². The average Bonchev–Trinajstić information content (AvgIpc) is 2.68. The highest BCUT2D eigenvalue weighted by molar-refractivity contribution is 7.51. The van der Waals surface area contributed by atoms with Gasteiger partial charge in [0, 0.05) is 18.6 Å². The molecule has 1 aromatic rings. The van der Waals surface area contributed by atoms with E-state index in [1.807, 2.05) is 17.0 Å². The summed E-state index contributed by atoms with van der Waals surface area (Å²) in [5.74, 6) is 0. The first-order valence-corrected chi connectivity index (χ1v) is 13.8. The molecule has 0 saturated carbocycles. The standard InChI is InChI=1S/C24H44NO3P/c1-2-3-4-5-6-7-8-9-10-11-12-13-14-15-17-24-18-21-25(22-19-24)20-16-23-29(26,27)28/h18-19,21-22H,2-17,20,23H2,1H3,(H-,26,27,28)/p+1. The van der Waals surface area contributed by atoms with Crippen LogP contribution < -0.4 is 4.57 Å². The normalized spacial score (nSPS) is 11.8. The predicted octanol–water partition coefficient (Wildman–Crippen LogP) is 6.57. The largest absolute Gasteiger partial charge is 0.325 e. The monoisotopic (exact) mass is 426 g/mol. The van der Waals surface area contributed by atoms with Gasteiger partial charge < -0.3 is 9.79 Å². The molecule has 29 heavy (non-hydrogen) atoms. The van der Waals surface area contributed by atoms with Crippen molar-refractivity contribution in [3.8, 4) is 0 Å². The molecule has 0 aliphatic carbocycles. The van der Waals surface area contributed by atoms with Gasteiger partial charge in [-0.1, -0.05) is 90.4 Å². The Bertz CT molecular complexity index is 542. The highest BCUT2D eigenvalue weighted by Crippen LogP contribution is 2.34. The molecule has 1 heterocycles. The lowest BCUT2D eigenvalue weighted by atomic mass is 10.0. The summed E-state index contributed by atoms with van der Waals surface area (Å²) >= 11 is 0. The number of hydrogen-bond donors (Lipinski definition) is 2. The Kier molecular flexibility index (Phi) is 15.5. The SMILES string of the molecule is CCCCCCCCCCCCCCCCc1cc[n+](CCCP(=O)(O)O)cc1. The maximum absolute atomic E-state index is 10.9. The zero-order chi connectivity index (χ0) is 21.2. The summed E-state index contributed by atoms with van der Waals surface area (Å²) in [5.41, 5.74) is 1.36. The summed E-state index contributed by atoms with van der Waals surface area (Å²) in [5, 5.41) is 0. The molecule has 0 radical (unpaired) electrons. The van der Waals surface area contributed by atoms with Gasteiger partial charge in [-0.15, -0.1) is 0 Å². The lowest BCUT2D eigenvalue weighted by Crippen LogP contribution is -2.33. The van der Waals surface area contributed by atoms with E-state index in [0.29, 0.717) is 13.0 Å². The minimum Gasteiger partial charge on any atom is -0.324 e. The van der Waals surface area contributed by atoms with E-state index >= 15 is 0 Å². The average molecular weight is 427 g/mol. The van der Waals surface area contributed by atoms with Gasteiger partial charge in [0.15, 0.2) is 12.4 Å². The van der Waals surface area contributed by atoms with Crippen molar-refractivity contribution in [3.63, 3.8) is 0 Å². The molecule has 168 valence electrons. The van der Waals surface area contributed by atoms with Crippen molar-refractivity contribution in [2.45, 2.75) is 116 Å². The van der Waals surface area contributed by atoms with Crippen molar-refractivity contribution in [1.82, 2.24) is 0 Å². The molecule has 0 spiro atoms. The Morgan fingerprint density at radius 2 is 1.17 bits per heavy atom. The summed E-state index contributed by atoms with van der Waals surface area (Å²) in [6.07, 6.45) is 25.1. The van der Waals surface area contributed by atoms with E-state index in [1.54, 1.807) is 0 Å². The molecule has 0 atom stereocenters. The Morgan fingerprint density at radius 1 is 0.724 bits per heavy atom. The first-order valence-electron chi connectivity index (χ1n) is 12.0. The first-order chi connectivity index (χ1) is 14.0. The van der Waals surface area contributed by atoms with Crippen LogP contribution in [0.5, 0.6) is 0 Å². The lowest BCUT2D eigenvalue weighted by molar-refractivity contribution is -0.696. The highest BCUT2D eigenvalue weighted by Gasteiger charge is 2.13. The van der Waals surface area contributed by atoms with Gasteiger partial charge in [-0.05, 0) is 18.4 Å². The van der Waals surface area contributed by atoms with E-state index in [2.05, 4.69) is 19.1 Å². The molecule has 0 amide bonds. The van der Waals surface area contributed by atoms with Crippen LogP contribution in [0.2, 0.25) is 0 Å². The van der Waals surface area contributed by atoms with Gasteiger partial charge in [-0.3, -0.25) is 4.57 Å². The van der Waals surface area contributed by atoms with E-state index in [4.69, 9.17) is 9.79 Å². The molecule has 0 aliphatic rings. The van der Waals surface area contributed by atoms with Crippen LogP contribution in [0.4, 0.5) is 0 Å². The molecule has 1 rings (SSSR count). The fraction of sp³-hybridized carbons (Fsp3) is 0.792. The van der Waals surface area contributed by atoms with Crippen LogP contribution >= 0.6 is 7.60 Å². The van der Waals surface area contributed by atoms with Crippen molar-refractivity contribution in [2.24, 2.45) is 0 Å². The van der Waals surface area contributed by atoms with E-state index in [-0.39, 0.29) is 6.16 Å². The van der Waals surface area contributed by atoms with Gasteiger partial charge in [0.05, 0.1) is 6.16 Å². The molecule has 0 aromatic carbocycles. The van der Waals surface area contributed by atoms with Crippen molar-refractivity contribution < 1.29 is 18.9 Å². The van der Waals surface area contributed by atoms with E-state index < -0.39 is 7.60 Å². The van der Waals surface area contributed by atoms with Crippen LogP contribution in [0.3, 0.4) is 0 Å². The molecule has 1 aromatic heterocycles. The van der Waals surface area contributed by atoms with Gasteiger partial charge in [-0.2, -0.15) is 0 Å². The van der Waals surface area contributed by atoms with Crippen molar-refractivity contribution in [1.29, 1.82) is 0 Å². The van der Waals surface area contributed by atoms with Crippen molar-refractivity contribution in [2.75, 3.05) is 6.16 Å². The number of nitrogens with zero attached hydrogens (tertiary/aromatic N) is 1. The summed E-state index contributed by atoms with van der Waals surface area (Å²) < 4.78 is 12.9. The van der Waals surface area contributed by atoms with Gasteiger partial charge in [-0.25, -0.2) is 4.57 Å². The smallest absolute Gasteiger partial charge is 0.324 e.